The molecule has 0 atom stereocenters. The first-order chi connectivity index (χ1) is 14.9. The summed E-state index contributed by atoms with van der Waals surface area (Å²) in [5.74, 6) is 0.611. The fraction of sp³-hybridized carbons (Fsp3) is 0.0952. The number of ether oxygens (including phenoxy) is 2. The maximum absolute atomic E-state index is 12.5. The molecule has 0 aromatic heterocycles. The summed E-state index contributed by atoms with van der Waals surface area (Å²) in [4.78, 5) is 16.6. The molecule has 0 saturated carbocycles. The lowest BCUT2D eigenvalue weighted by Gasteiger charge is -2.07. The van der Waals surface area contributed by atoms with E-state index in [1.54, 1.807) is 20.3 Å². The van der Waals surface area contributed by atoms with Crippen molar-refractivity contribution in [3.05, 3.63) is 73.2 Å². The van der Waals surface area contributed by atoms with Crippen molar-refractivity contribution in [3.8, 4) is 28.1 Å². The molecule has 158 valence electrons. The fourth-order valence-corrected chi connectivity index (χ4v) is 3.89. The first-order valence-corrected chi connectivity index (χ1v) is 9.85. The average Bonchev–Trinajstić information content (AvgIpc) is 3.15. The molecule has 2 aliphatic heterocycles. The van der Waals surface area contributed by atoms with Gasteiger partial charge in [-0.15, -0.1) is 0 Å². The number of methoxy groups -OCH3 is 2. The molecule has 0 saturated heterocycles. The minimum atomic E-state index is -0.564. The fourth-order valence-electron chi connectivity index (χ4n) is 3.00. The number of benzene rings is 2. The van der Waals surface area contributed by atoms with Gasteiger partial charge in [0.25, 0.3) is 5.56 Å². The summed E-state index contributed by atoms with van der Waals surface area (Å²) in [6, 6.07) is 9.59. The molecule has 2 aromatic carbocycles. The Morgan fingerprint density at radius 3 is 2.45 bits per heavy atom. The highest BCUT2D eigenvalue weighted by Gasteiger charge is 2.11. The molecule has 0 unspecified atom stereocenters. The zero-order valence-corrected chi connectivity index (χ0v) is 17.4. The summed E-state index contributed by atoms with van der Waals surface area (Å²) < 4.78 is 12.6. The zero-order valence-electron chi connectivity index (χ0n) is 16.5. The van der Waals surface area contributed by atoms with E-state index in [2.05, 4.69) is 10.1 Å². The average molecular weight is 438 g/mol. The van der Waals surface area contributed by atoms with Gasteiger partial charge in [0, 0.05) is 0 Å². The van der Waals surface area contributed by atoms with Crippen LogP contribution in [0.4, 0.5) is 0 Å². The van der Waals surface area contributed by atoms with Crippen LogP contribution in [0.25, 0.3) is 17.3 Å². The van der Waals surface area contributed by atoms with E-state index in [4.69, 9.17) is 14.9 Å². The smallest absolute Gasteiger partial charge is 0.283 e. The molecule has 31 heavy (non-hydrogen) atoms. The van der Waals surface area contributed by atoms with E-state index in [0.29, 0.717) is 26.9 Å². The van der Waals surface area contributed by atoms with Crippen LogP contribution in [0.1, 0.15) is 11.1 Å². The highest BCUT2D eigenvalue weighted by atomic mass is 32.1. The van der Waals surface area contributed by atoms with Crippen LogP contribution in [0.3, 0.4) is 0 Å². The third-order valence-corrected chi connectivity index (χ3v) is 5.42. The molecule has 2 aromatic rings. The molecule has 0 aliphatic carbocycles. The number of aromatic nitrogens is 3. The summed E-state index contributed by atoms with van der Waals surface area (Å²) in [6.45, 7) is 0. The number of fused-ring (bicyclic) bond motifs is 1. The van der Waals surface area contributed by atoms with Crippen LogP contribution in [0.15, 0.2) is 41.2 Å². The largest absolute Gasteiger partial charge is 0.504 e. The molecular formula is C21H18N4O5S. The highest BCUT2D eigenvalue weighted by Crippen LogP contribution is 2.28. The van der Waals surface area contributed by atoms with E-state index in [0.717, 1.165) is 5.56 Å². The van der Waals surface area contributed by atoms with Crippen LogP contribution >= 0.6 is 11.3 Å². The summed E-state index contributed by atoms with van der Waals surface area (Å²) in [5.41, 5.74) is 0.646. The number of H-pyrrole nitrogens is 1. The van der Waals surface area contributed by atoms with E-state index in [9.17, 15) is 15.0 Å². The van der Waals surface area contributed by atoms with Crippen molar-refractivity contribution in [3.63, 3.8) is 0 Å². The Morgan fingerprint density at radius 2 is 1.74 bits per heavy atom. The van der Waals surface area contributed by atoms with E-state index >= 15 is 0 Å². The molecule has 0 fully saturated rings. The number of phenols is 2. The van der Waals surface area contributed by atoms with Crippen molar-refractivity contribution in [1.29, 1.82) is 5.41 Å². The monoisotopic (exact) mass is 438 g/mol. The van der Waals surface area contributed by atoms with Gasteiger partial charge >= 0.3 is 0 Å². The molecule has 0 bridgehead atoms. The van der Waals surface area contributed by atoms with Gasteiger partial charge in [-0.2, -0.15) is 4.98 Å². The molecule has 4 N–H and O–H groups in total. The molecule has 0 radical (unpaired) electrons. The number of aromatic amines is 1. The Morgan fingerprint density at radius 1 is 1.03 bits per heavy atom. The predicted molar refractivity (Wildman–Crippen MR) is 115 cm³/mol. The summed E-state index contributed by atoms with van der Waals surface area (Å²) >= 11 is 1.22. The van der Waals surface area contributed by atoms with Gasteiger partial charge in [0.15, 0.2) is 28.5 Å². The lowest BCUT2D eigenvalue weighted by Crippen LogP contribution is -2.47. The van der Waals surface area contributed by atoms with E-state index in [1.165, 1.54) is 40.3 Å². The molecule has 4 rings (SSSR count). The molecule has 0 amide bonds. The van der Waals surface area contributed by atoms with Gasteiger partial charge in [-0.3, -0.25) is 15.3 Å². The van der Waals surface area contributed by atoms with Gasteiger partial charge in [0.05, 0.1) is 19.4 Å². The van der Waals surface area contributed by atoms with Crippen LogP contribution < -0.4 is 30.4 Å². The first kappa shape index (κ1) is 20.2. The quantitative estimate of drug-likeness (QED) is 0.345. The number of rotatable bonds is 4. The third kappa shape index (κ3) is 3.88. The normalized spacial score (nSPS) is 12.5. The number of hydrogen-bond acceptors (Lipinski definition) is 8. The van der Waals surface area contributed by atoms with Crippen molar-refractivity contribution in [2.45, 2.75) is 0 Å². The lowest BCUT2D eigenvalue weighted by atomic mass is 10.1. The van der Waals surface area contributed by atoms with Gasteiger partial charge in [0.2, 0.25) is 5.13 Å². The topological polar surface area (TPSA) is 133 Å². The number of phenolic OH excluding ortho intramolecular Hbond substituents is 2. The van der Waals surface area contributed by atoms with Crippen LogP contribution in [-0.2, 0) is 0 Å². The van der Waals surface area contributed by atoms with Gasteiger partial charge < -0.3 is 19.7 Å². The number of nitrogens with one attached hydrogen (secondary N) is 2. The summed E-state index contributed by atoms with van der Waals surface area (Å²) in [5, 5.41) is 31.0. The van der Waals surface area contributed by atoms with Crippen LogP contribution in [0.5, 0.6) is 23.0 Å². The zero-order chi connectivity index (χ0) is 22.1. The SMILES string of the molecule is COc1ccc(/C=c2/[nH]n3c(=N)/c(=C/c4ccc(O)c(O)c4)c(=O)nc-3s2)cc1OC. The number of hydrogen-bond donors (Lipinski definition) is 4. The van der Waals surface area contributed by atoms with E-state index in [-0.39, 0.29) is 22.2 Å². The second-order valence-corrected chi connectivity index (χ2v) is 7.54. The minimum Gasteiger partial charge on any atom is -0.504 e. The minimum absolute atomic E-state index is 0.0503. The lowest BCUT2D eigenvalue weighted by molar-refractivity contribution is 0.355. The van der Waals surface area contributed by atoms with Gasteiger partial charge in [-0.05, 0) is 47.5 Å². The van der Waals surface area contributed by atoms with Crippen molar-refractivity contribution in [2.75, 3.05) is 14.2 Å². The Bertz CT molecular complexity index is 1480. The van der Waals surface area contributed by atoms with Crippen LogP contribution in [0, 0.1) is 5.41 Å². The molecule has 2 heterocycles. The number of nitrogens with zero attached hydrogens (tertiary/aromatic N) is 2. The second kappa shape index (κ2) is 8.00. The van der Waals surface area contributed by atoms with Crippen LogP contribution in [-0.4, -0.2) is 39.2 Å². The molecule has 9 nitrogen and oxygen atoms in total. The van der Waals surface area contributed by atoms with Gasteiger partial charge in [0.1, 0.15) is 4.66 Å². The van der Waals surface area contributed by atoms with Crippen molar-refractivity contribution in [2.24, 2.45) is 0 Å². The summed E-state index contributed by atoms with van der Waals surface area (Å²) in [6.07, 6.45) is 3.28. The summed E-state index contributed by atoms with van der Waals surface area (Å²) in [7, 11) is 3.12. The van der Waals surface area contributed by atoms with E-state index < -0.39 is 5.56 Å². The molecular weight excluding hydrogens is 420 g/mol. The molecule has 0 spiro atoms. The maximum Gasteiger partial charge on any atom is 0.283 e. The van der Waals surface area contributed by atoms with Crippen molar-refractivity contribution < 1.29 is 19.7 Å². The Kier molecular flexibility index (Phi) is 5.22. The Hall–Kier alpha value is -4.05. The predicted octanol–water partition coefficient (Wildman–Crippen LogP) is 0.625. The highest BCUT2D eigenvalue weighted by molar-refractivity contribution is 7.11. The molecule has 10 heteroatoms. The maximum atomic E-state index is 12.5. The second-order valence-electron chi connectivity index (χ2n) is 6.53. The standard InChI is InChI=1S/C21H18N4O5S/c1-29-16-6-4-12(9-17(16)30-2)10-18-24-25-19(22)13(20(28)23-21(25)31-18)7-11-3-5-14(26)15(27)8-11/h3-10,22,24,26-27H,1-2H3/b13-7-,18-10-,22-19?. The Balaban J connectivity index is 1.85. The van der Waals surface area contributed by atoms with Gasteiger partial charge in [-0.1, -0.05) is 23.5 Å². The van der Waals surface area contributed by atoms with Crippen molar-refractivity contribution in [1.82, 2.24) is 14.8 Å². The van der Waals surface area contributed by atoms with Gasteiger partial charge in [-0.25, -0.2) is 4.68 Å². The van der Waals surface area contributed by atoms with Crippen molar-refractivity contribution >= 4 is 23.5 Å². The third-order valence-electron chi connectivity index (χ3n) is 4.54. The van der Waals surface area contributed by atoms with Crippen LogP contribution in [0.2, 0.25) is 0 Å². The van der Waals surface area contributed by atoms with E-state index in [1.807, 2.05) is 18.2 Å². The molecule has 2 aliphatic rings. The number of aromatic hydroxyl groups is 2. The first-order valence-electron chi connectivity index (χ1n) is 9.03. The Labute approximate surface area is 179 Å².